The second-order valence-corrected chi connectivity index (χ2v) is 6.74. The van der Waals surface area contributed by atoms with Crippen molar-refractivity contribution in [1.82, 2.24) is 10.2 Å². The normalized spacial score (nSPS) is 35.0. The first-order valence-corrected chi connectivity index (χ1v) is 8.10. The van der Waals surface area contributed by atoms with Gasteiger partial charge in [-0.2, -0.15) is 0 Å². The standard InChI is InChI=1S/C16H28N2O3/c1-5-15(3)14(20)18(11-12-7-9-21-10-8-12)16(4,6-2)13(19)17-15/h12H,5-11H2,1-4H3,(H,17,19). The third-order valence-corrected chi connectivity index (χ3v) is 5.37. The van der Waals surface area contributed by atoms with E-state index in [1.807, 2.05) is 32.6 Å². The molecule has 2 heterocycles. The van der Waals surface area contributed by atoms with Crippen LogP contribution in [0.5, 0.6) is 0 Å². The summed E-state index contributed by atoms with van der Waals surface area (Å²) in [6.45, 7) is 9.81. The second kappa shape index (κ2) is 5.95. The van der Waals surface area contributed by atoms with E-state index in [4.69, 9.17) is 4.74 Å². The molecule has 2 aliphatic heterocycles. The molecule has 0 aromatic rings. The summed E-state index contributed by atoms with van der Waals surface area (Å²) in [7, 11) is 0. The van der Waals surface area contributed by atoms with Crippen molar-refractivity contribution in [3.8, 4) is 0 Å². The Hall–Kier alpha value is -1.10. The Kier molecular flexibility index (Phi) is 4.61. The fourth-order valence-corrected chi connectivity index (χ4v) is 3.15. The summed E-state index contributed by atoms with van der Waals surface area (Å²) in [6.07, 6.45) is 3.18. The maximum atomic E-state index is 13.0. The molecule has 5 nitrogen and oxygen atoms in total. The van der Waals surface area contributed by atoms with E-state index < -0.39 is 11.1 Å². The highest BCUT2D eigenvalue weighted by atomic mass is 16.5. The Morgan fingerprint density at radius 3 is 2.33 bits per heavy atom. The molecule has 0 aromatic heterocycles. The van der Waals surface area contributed by atoms with Gasteiger partial charge in [-0.15, -0.1) is 0 Å². The van der Waals surface area contributed by atoms with E-state index >= 15 is 0 Å². The number of piperazine rings is 1. The van der Waals surface area contributed by atoms with Crippen LogP contribution in [0.25, 0.3) is 0 Å². The number of rotatable bonds is 4. The quantitative estimate of drug-likeness (QED) is 0.859. The number of hydrogen-bond donors (Lipinski definition) is 1. The lowest BCUT2D eigenvalue weighted by Gasteiger charge is -2.51. The van der Waals surface area contributed by atoms with E-state index in [0.717, 1.165) is 26.1 Å². The molecule has 2 saturated heterocycles. The van der Waals surface area contributed by atoms with Crippen molar-refractivity contribution in [2.45, 2.75) is 64.5 Å². The van der Waals surface area contributed by atoms with Crippen LogP contribution in [0, 0.1) is 5.92 Å². The van der Waals surface area contributed by atoms with Gasteiger partial charge in [-0.25, -0.2) is 0 Å². The Labute approximate surface area is 127 Å². The smallest absolute Gasteiger partial charge is 0.248 e. The summed E-state index contributed by atoms with van der Waals surface area (Å²) < 4.78 is 5.39. The predicted octanol–water partition coefficient (Wildman–Crippen LogP) is 1.71. The molecule has 0 bridgehead atoms. The SMILES string of the molecule is CCC1(C)NC(=O)C(C)(CC)N(CC2CCOCC2)C1=O. The minimum absolute atomic E-state index is 0.0268. The summed E-state index contributed by atoms with van der Waals surface area (Å²) in [5.74, 6) is 0.460. The van der Waals surface area contributed by atoms with Crippen LogP contribution in [-0.2, 0) is 14.3 Å². The fourth-order valence-electron chi connectivity index (χ4n) is 3.15. The van der Waals surface area contributed by atoms with E-state index in [1.165, 1.54) is 0 Å². The minimum atomic E-state index is -0.767. The molecule has 2 aliphatic rings. The lowest BCUT2D eigenvalue weighted by molar-refractivity contribution is -0.163. The van der Waals surface area contributed by atoms with Gasteiger partial charge >= 0.3 is 0 Å². The van der Waals surface area contributed by atoms with E-state index in [1.54, 1.807) is 0 Å². The van der Waals surface area contributed by atoms with E-state index in [2.05, 4.69) is 5.32 Å². The topological polar surface area (TPSA) is 58.6 Å². The average molecular weight is 296 g/mol. The van der Waals surface area contributed by atoms with Gasteiger partial charge in [0, 0.05) is 19.8 Å². The van der Waals surface area contributed by atoms with Crippen LogP contribution in [0.15, 0.2) is 0 Å². The van der Waals surface area contributed by atoms with E-state index in [9.17, 15) is 9.59 Å². The molecule has 0 radical (unpaired) electrons. The molecule has 2 unspecified atom stereocenters. The maximum Gasteiger partial charge on any atom is 0.248 e. The zero-order valence-electron chi connectivity index (χ0n) is 13.7. The summed E-state index contributed by atoms with van der Waals surface area (Å²) >= 11 is 0. The molecule has 2 atom stereocenters. The van der Waals surface area contributed by atoms with Crippen molar-refractivity contribution in [2.24, 2.45) is 5.92 Å². The van der Waals surface area contributed by atoms with Crippen LogP contribution in [0.3, 0.4) is 0 Å². The van der Waals surface area contributed by atoms with Gasteiger partial charge in [0.05, 0.1) is 0 Å². The predicted molar refractivity (Wildman–Crippen MR) is 80.8 cm³/mol. The van der Waals surface area contributed by atoms with Crippen molar-refractivity contribution in [1.29, 1.82) is 0 Å². The highest BCUT2D eigenvalue weighted by Crippen LogP contribution is 2.32. The van der Waals surface area contributed by atoms with Crippen LogP contribution < -0.4 is 5.32 Å². The molecular weight excluding hydrogens is 268 g/mol. The monoisotopic (exact) mass is 296 g/mol. The fraction of sp³-hybridized carbons (Fsp3) is 0.875. The molecule has 2 fully saturated rings. The van der Waals surface area contributed by atoms with Gasteiger partial charge in [0.1, 0.15) is 11.1 Å². The number of carbonyl (C=O) groups is 2. The zero-order valence-corrected chi connectivity index (χ0v) is 13.7. The third kappa shape index (κ3) is 2.80. The summed E-state index contributed by atoms with van der Waals surface area (Å²) in [5.41, 5.74) is -1.50. The Morgan fingerprint density at radius 1 is 1.19 bits per heavy atom. The van der Waals surface area contributed by atoms with Crippen molar-refractivity contribution in [3.05, 3.63) is 0 Å². The lowest BCUT2D eigenvalue weighted by Crippen LogP contribution is -2.74. The largest absolute Gasteiger partial charge is 0.381 e. The molecule has 0 saturated carbocycles. The van der Waals surface area contributed by atoms with Crippen molar-refractivity contribution in [3.63, 3.8) is 0 Å². The Bertz CT molecular complexity index is 420. The van der Waals surface area contributed by atoms with Gasteiger partial charge in [0.25, 0.3) is 0 Å². The number of nitrogens with one attached hydrogen (secondary N) is 1. The third-order valence-electron chi connectivity index (χ3n) is 5.37. The van der Waals surface area contributed by atoms with Crippen LogP contribution >= 0.6 is 0 Å². The molecule has 0 aromatic carbocycles. The van der Waals surface area contributed by atoms with Crippen molar-refractivity contribution < 1.29 is 14.3 Å². The van der Waals surface area contributed by atoms with Gasteiger partial charge in [-0.05, 0) is 45.4 Å². The summed E-state index contributed by atoms with van der Waals surface area (Å²) in [4.78, 5) is 27.4. The zero-order chi connectivity index (χ0) is 15.7. The first kappa shape index (κ1) is 16.3. The average Bonchev–Trinajstić information content (AvgIpc) is 2.50. The summed E-state index contributed by atoms with van der Waals surface area (Å²) in [6, 6.07) is 0. The highest BCUT2D eigenvalue weighted by Gasteiger charge is 2.53. The number of ether oxygens (including phenoxy) is 1. The van der Waals surface area contributed by atoms with E-state index in [-0.39, 0.29) is 11.8 Å². The van der Waals surface area contributed by atoms with E-state index in [0.29, 0.717) is 25.3 Å². The summed E-state index contributed by atoms with van der Waals surface area (Å²) in [5, 5.41) is 2.95. The molecule has 2 amide bonds. The van der Waals surface area contributed by atoms with Crippen LogP contribution in [-0.4, -0.2) is 47.6 Å². The molecular formula is C16H28N2O3. The molecule has 0 spiro atoms. The molecule has 2 rings (SSSR count). The maximum absolute atomic E-state index is 13.0. The van der Waals surface area contributed by atoms with Crippen LogP contribution in [0.2, 0.25) is 0 Å². The Balaban J connectivity index is 2.26. The number of nitrogens with zero attached hydrogens (tertiary/aromatic N) is 1. The van der Waals surface area contributed by atoms with Crippen LogP contribution in [0.4, 0.5) is 0 Å². The Morgan fingerprint density at radius 2 is 1.81 bits per heavy atom. The second-order valence-electron chi connectivity index (χ2n) is 6.74. The number of amides is 2. The highest BCUT2D eigenvalue weighted by molar-refractivity contribution is 6.01. The lowest BCUT2D eigenvalue weighted by atomic mass is 9.83. The molecule has 5 heteroatoms. The first-order chi connectivity index (χ1) is 9.87. The van der Waals surface area contributed by atoms with Gasteiger partial charge in [0.15, 0.2) is 0 Å². The van der Waals surface area contributed by atoms with Gasteiger partial charge in [-0.3, -0.25) is 9.59 Å². The number of carbonyl (C=O) groups excluding carboxylic acids is 2. The van der Waals surface area contributed by atoms with Gasteiger partial charge in [0.2, 0.25) is 11.8 Å². The number of hydrogen-bond acceptors (Lipinski definition) is 3. The van der Waals surface area contributed by atoms with Crippen molar-refractivity contribution >= 4 is 11.8 Å². The molecule has 0 aliphatic carbocycles. The molecule has 21 heavy (non-hydrogen) atoms. The molecule has 120 valence electrons. The first-order valence-electron chi connectivity index (χ1n) is 8.10. The van der Waals surface area contributed by atoms with Gasteiger partial charge in [-0.1, -0.05) is 13.8 Å². The minimum Gasteiger partial charge on any atom is -0.381 e. The van der Waals surface area contributed by atoms with Crippen LogP contribution in [0.1, 0.15) is 53.4 Å². The van der Waals surface area contributed by atoms with Gasteiger partial charge < -0.3 is 15.0 Å². The molecule has 1 N–H and O–H groups in total. The van der Waals surface area contributed by atoms with Crippen molar-refractivity contribution in [2.75, 3.05) is 19.8 Å².